The Morgan fingerprint density at radius 1 is 1.36 bits per heavy atom. The topological polar surface area (TPSA) is 55.1 Å². The van der Waals surface area contributed by atoms with Gasteiger partial charge in [0.05, 0.1) is 4.99 Å². The summed E-state index contributed by atoms with van der Waals surface area (Å²) in [4.78, 5) is 11.9. The molecule has 0 rings (SSSR count). The van der Waals surface area contributed by atoms with Crippen LogP contribution in [0.15, 0.2) is 0 Å². The Kier molecular flexibility index (Phi) is 5.69. The van der Waals surface area contributed by atoms with Gasteiger partial charge in [-0.3, -0.25) is 4.79 Å². The zero-order chi connectivity index (χ0) is 11.2. The maximum atomic E-state index is 11.4. The first kappa shape index (κ1) is 13.4. The molecule has 0 atom stereocenters. The van der Waals surface area contributed by atoms with Crippen molar-refractivity contribution in [1.29, 1.82) is 0 Å². The van der Waals surface area contributed by atoms with Crippen LogP contribution < -0.4 is 11.1 Å². The lowest BCUT2D eigenvalue weighted by molar-refractivity contribution is -0.128. The summed E-state index contributed by atoms with van der Waals surface area (Å²) in [5, 5.41) is 2.87. The Hall–Kier alpha value is -0.640. The smallest absolute Gasteiger partial charge is 0.225 e. The first-order valence-electron chi connectivity index (χ1n) is 4.90. The lowest BCUT2D eigenvalue weighted by Gasteiger charge is -2.17. The van der Waals surface area contributed by atoms with Crippen LogP contribution in [0.4, 0.5) is 0 Å². The number of nitrogens with one attached hydrogen (secondary N) is 1. The average Bonchev–Trinajstić information content (AvgIpc) is 2.01. The van der Waals surface area contributed by atoms with E-state index >= 15 is 0 Å². The molecule has 0 aromatic carbocycles. The van der Waals surface area contributed by atoms with Gasteiger partial charge in [0.2, 0.25) is 5.91 Å². The summed E-state index contributed by atoms with van der Waals surface area (Å²) in [5.74, 6) is 0.0906. The van der Waals surface area contributed by atoms with Crippen LogP contribution in [-0.4, -0.2) is 17.4 Å². The number of hydrogen-bond acceptors (Lipinski definition) is 2. The Balaban J connectivity index is 3.46. The summed E-state index contributed by atoms with van der Waals surface area (Å²) >= 11 is 4.75. The largest absolute Gasteiger partial charge is 0.393 e. The molecule has 3 N–H and O–H groups in total. The minimum Gasteiger partial charge on any atom is -0.393 e. The molecule has 3 nitrogen and oxygen atoms in total. The van der Waals surface area contributed by atoms with E-state index in [2.05, 4.69) is 5.32 Å². The lowest BCUT2D eigenvalue weighted by atomic mass is 9.96. The predicted molar refractivity (Wildman–Crippen MR) is 63.1 cm³/mol. The van der Waals surface area contributed by atoms with Crippen LogP contribution in [0.25, 0.3) is 0 Å². The molecule has 14 heavy (non-hydrogen) atoms. The number of carbonyl (C=O) groups excluding carboxylic acids is 1. The molecule has 0 aromatic rings. The van der Waals surface area contributed by atoms with Gasteiger partial charge >= 0.3 is 0 Å². The van der Waals surface area contributed by atoms with Gasteiger partial charge in [-0.1, -0.05) is 33.0 Å². The highest BCUT2D eigenvalue weighted by Gasteiger charge is 2.19. The Bertz CT molecular complexity index is 209. The molecule has 4 heteroatoms. The fraction of sp³-hybridized carbons (Fsp3) is 0.800. The van der Waals surface area contributed by atoms with Crippen molar-refractivity contribution >= 4 is 23.1 Å². The lowest BCUT2D eigenvalue weighted by Crippen LogP contribution is -2.35. The Morgan fingerprint density at radius 2 is 1.93 bits per heavy atom. The second kappa shape index (κ2) is 5.96. The van der Waals surface area contributed by atoms with E-state index in [1.54, 1.807) is 0 Å². The van der Waals surface area contributed by atoms with Crippen molar-refractivity contribution in [3.05, 3.63) is 0 Å². The maximum absolute atomic E-state index is 11.4. The Morgan fingerprint density at radius 3 is 2.36 bits per heavy atom. The monoisotopic (exact) mass is 216 g/mol. The van der Waals surface area contributed by atoms with E-state index in [0.717, 1.165) is 19.3 Å². The van der Waals surface area contributed by atoms with Crippen molar-refractivity contribution in [3.8, 4) is 0 Å². The molecule has 0 aliphatic heterocycles. The van der Waals surface area contributed by atoms with Gasteiger partial charge in [-0.15, -0.1) is 0 Å². The van der Waals surface area contributed by atoms with E-state index in [1.165, 1.54) is 0 Å². The number of nitrogens with two attached hydrogens (primary N) is 1. The van der Waals surface area contributed by atoms with Crippen LogP contribution in [0, 0.1) is 5.41 Å². The molecule has 0 aromatic heterocycles. The van der Waals surface area contributed by atoms with Gasteiger partial charge in [-0.2, -0.15) is 0 Å². The van der Waals surface area contributed by atoms with E-state index in [1.807, 2.05) is 20.8 Å². The SMILES string of the molecule is CC(C)(C)C(=O)NCCCCC(N)=S. The average molecular weight is 216 g/mol. The van der Waals surface area contributed by atoms with Gasteiger partial charge in [0.25, 0.3) is 0 Å². The minimum atomic E-state index is -0.302. The number of rotatable bonds is 5. The molecule has 0 heterocycles. The molecular formula is C10H20N2OS. The number of carbonyl (C=O) groups is 1. The number of amides is 1. The van der Waals surface area contributed by atoms with Crippen molar-refractivity contribution in [2.24, 2.45) is 11.1 Å². The van der Waals surface area contributed by atoms with Gasteiger partial charge in [0.1, 0.15) is 0 Å². The summed E-state index contributed by atoms with van der Waals surface area (Å²) in [6, 6.07) is 0. The minimum absolute atomic E-state index is 0.0906. The van der Waals surface area contributed by atoms with E-state index in [0.29, 0.717) is 11.5 Å². The van der Waals surface area contributed by atoms with E-state index in [4.69, 9.17) is 18.0 Å². The van der Waals surface area contributed by atoms with E-state index in [9.17, 15) is 4.79 Å². The summed E-state index contributed by atoms with van der Waals surface area (Å²) in [7, 11) is 0. The fourth-order valence-electron chi connectivity index (χ4n) is 0.891. The third-order valence-electron chi connectivity index (χ3n) is 1.82. The first-order valence-corrected chi connectivity index (χ1v) is 5.31. The second-order valence-electron chi connectivity index (χ2n) is 4.43. The van der Waals surface area contributed by atoms with Crippen molar-refractivity contribution in [2.45, 2.75) is 40.0 Å². The standard InChI is InChI=1S/C10H20N2OS/c1-10(2,3)9(13)12-7-5-4-6-8(11)14/h4-7H2,1-3H3,(H2,11,14)(H,12,13). The molecule has 0 saturated heterocycles. The number of thiocarbonyl (C=S) groups is 1. The van der Waals surface area contributed by atoms with Crippen molar-refractivity contribution in [1.82, 2.24) is 5.32 Å². The summed E-state index contributed by atoms with van der Waals surface area (Å²) in [6.07, 6.45) is 2.64. The molecule has 0 saturated carbocycles. The van der Waals surface area contributed by atoms with Gasteiger partial charge < -0.3 is 11.1 Å². The van der Waals surface area contributed by atoms with Crippen LogP contribution >= 0.6 is 12.2 Å². The predicted octanol–water partition coefficient (Wildman–Crippen LogP) is 1.61. The third kappa shape index (κ3) is 6.83. The first-order chi connectivity index (χ1) is 6.34. The molecule has 0 spiro atoms. The maximum Gasteiger partial charge on any atom is 0.225 e. The van der Waals surface area contributed by atoms with Crippen LogP contribution in [0.3, 0.4) is 0 Å². The van der Waals surface area contributed by atoms with Gasteiger partial charge in [0, 0.05) is 12.0 Å². The van der Waals surface area contributed by atoms with Gasteiger partial charge in [-0.05, 0) is 19.3 Å². The molecule has 0 radical (unpaired) electrons. The normalized spacial score (nSPS) is 11.1. The number of hydrogen-bond donors (Lipinski definition) is 2. The highest BCUT2D eigenvalue weighted by atomic mass is 32.1. The Labute approximate surface area is 91.4 Å². The van der Waals surface area contributed by atoms with E-state index < -0.39 is 0 Å². The number of unbranched alkanes of at least 4 members (excludes halogenated alkanes) is 1. The van der Waals surface area contributed by atoms with Crippen LogP contribution in [0.2, 0.25) is 0 Å². The molecule has 0 bridgehead atoms. The van der Waals surface area contributed by atoms with Crippen molar-refractivity contribution < 1.29 is 4.79 Å². The van der Waals surface area contributed by atoms with Crippen LogP contribution in [-0.2, 0) is 4.79 Å². The highest BCUT2D eigenvalue weighted by molar-refractivity contribution is 7.80. The van der Waals surface area contributed by atoms with Gasteiger partial charge in [-0.25, -0.2) is 0 Å². The van der Waals surface area contributed by atoms with Crippen molar-refractivity contribution in [3.63, 3.8) is 0 Å². The molecule has 1 amide bonds. The molecule has 82 valence electrons. The van der Waals surface area contributed by atoms with Crippen LogP contribution in [0.1, 0.15) is 40.0 Å². The fourth-order valence-corrected chi connectivity index (χ4v) is 1.04. The van der Waals surface area contributed by atoms with E-state index in [-0.39, 0.29) is 11.3 Å². The molecule has 0 aliphatic rings. The zero-order valence-corrected chi connectivity index (χ0v) is 10.0. The summed E-state index contributed by atoms with van der Waals surface area (Å²) in [5.41, 5.74) is 5.05. The molecule has 0 fully saturated rings. The highest BCUT2D eigenvalue weighted by Crippen LogP contribution is 2.12. The molecule has 0 aliphatic carbocycles. The molecule has 0 unspecified atom stereocenters. The zero-order valence-electron chi connectivity index (χ0n) is 9.22. The summed E-state index contributed by atoms with van der Waals surface area (Å²) in [6.45, 7) is 6.41. The third-order valence-corrected chi connectivity index (χ3v) is 2.02. The van der Waals surface area contributed by atoms with Crippen LogP contribution in [0.5, 0.6) is 0 Å². The molecular weight excluding hydrogens is 196 g/mol. The quantitative estimate of drug-likeness (QED) is 0.542. The second-order valence-corrected chi connectivity index (χ2v) is 4.95. The van der Waals surface area contributed by atoms with Gasteiger partial charge in [0.15, 0.2) is 0 Å². The summed E-state index contributed by atoms with van der Waals surface area (Å²) < 4.78 is 0. The van der Waals surface area contributed by atoms with Crippen molar-refractivity contribution in [2.75, 3.05) is 6.54 Å².